The smallest absolute Gasteiger partial charge is 0.176 e. The molecule has 0 unspecified atom stereocenters. The number of ketones is 1. The van der Waals surface area contributed by atoms with Crippen molar-refractivity contribution < 1.29 is 4.79 Å². The topological polar surface area (TPSA) is 44.4 Å². The van der Waals surface area contributed by atoms with Crippen molar-refractivity contribution in [1.82, 2.24) is 10.2 Å². The summed E-state index contributed by atoms with van der Waals surface area (Å²) < 4.78 is 0. The van der Waals surface area contributed by atoms with Crippen LogP contribution in [0.4, 0.5) is 5.69 Å². The van der Waals surface area contributed by atoms with Gasteiger partial charge in [0.15, 0.2) is 5.78 Å². The number of nitrogens with one attached hydrogen (secondary N) is 2. The van der Waals surface area contributed by atoms with Gasteiger partial charge in [0.25, 0.3) is 0 Å². The minimum Gasteiger partial charge on any atom is -0.384 e. The van der Waals surface area contributed by atoms with Gasteiger partial charge in [-0.05, 0) is 63.8 Å². The first-order valence-corrected chi connectivity index (χ1v) is 6.92. The summed E-state index contributed by atoms with van der Waals surface area (Å²) in [5, 5.41) is 6.52. The molecule has 4 nitrogen and oxygen atoms in total. The first kappa shape index (κ1) is 14.0. The van der Waals surface area contributed by atoms with Crippen LogP contribution in [0.5, 0.6) is 0 Å². The molecule has 1 aliphatic rings. The zero-order valence-electron chi connectivity index (χ0n) is 11.8. The maximum absolute atomic E-state index is 12.0. The third kappa shape index (κ3) is 4.04. The summed E-state index contributed by atoms with van der Waals surface area (Å²) in [6, 6.07) is 5.96. The highest BCUT2D eigenvalue weighted by atomic mass is 16.1. The molecule has 0 saturated carbocycles. The molecular weight excluding hydrogens is 238 g/mol. The fourth-order valence-corrected chi connectivity index (χ4v) is 2.30. The molecule has 0 bridgehead atoms. The molecule has 4 heteroatoms. The first-order valence-electron chi connectivity index (χ1n) is 6.92. The highest BCUT2D eigenvalue weighted by Gasteiger charge is 2.13. The van der Waals surface area contributed by atoms with Crippen LogP contribution in [0.15, 0.2) is 18.2 Å². The maximum atomic E-state index is 12.0. The quantitative estimate of drug-likeness (QED) is 0.575. The predicted octanol–water partition coefficient (Wildman–Crippen LogP) is 1.38. The summed E-state index contributed by atoms with van der Waals surface area (Å²) in [5.41, 5.74) is 3.26. The molecule has 1 aliphatic heterocycles. The number of hydrogen-bond acceptors (Lipinski definition) is 4. The second-order valence-corrected chi connectivity index (χ2v) is 5.31. The van der Waals surface area contributed by atoms with E-state index in [4.69, 9.17) is 0 Å². The molecule has 1 aromatic carbocycles. The number of anilines is 1. The largest absolute Gasteiger partial charge is 0.384 e. The van der Waals surface area contributed by atoms with Crippen molar-refractivity contribution in [2.45, 2.75) is 12.8 Å². The normalized spacial score (nSPS) is 13.4. The van der Waals surface area contributed by atoms with Crippen LogP contribution >= 0.6 is 0 Å². The molecule has 0 aliphatic carbocycles. The van der Waals surface area contributed by atoms with E-state index >= 15 is 0 Å². The van der Waals surface area contributed by atoms with E-state index in [0.717, 1.165) is 38.0 Å². The summed E-state index contributed by atoms with van der Waals surface area (Å²) in [7, 11) is 4.12. The lowest BCUT2D eigenvalue weighted by molar-refractivity contribution is 0.0991. The molecule has 1 heterocycles. The zero-order chi connectivity index (χ0) is 13.7. The van der Waals surface area contributed by atoms with E-state index in [9.17, 15) is 4.79 Å². The molecule has 2 N–H and O–H groups in total. The molecule has 0 fully saturated rings. The summed E-state index contributed by atoms with van der Waals surface area (Å²) in [6.45, 7) is 3.34. The Morgan fingerprint density at radius 2 is 2.26 bits per heavy atom. The van der Waals surface area contributed by atoms with Crippen LogP contribution in [0, 0.1) is 0 Å². The van der Waals surface area contributed by atoms with Crippen LogP contribution in [-0.2, 0) is 6.42 Å². The standard InChI is InChI=1S/C15H23N3O/c1-18(2)9-3-7-16-11-15(19)13-4-5-14-12(10-13)6-8-17-14/h4-5,10,16-17H,3,6-9,11H2,1-2H3. The van der Waals surface area contributed by atoms with Crippen molar-refractivity contribution in [2.75, 3.05) is 45.6 Å². The number of hydrogen-bond donors (Lipinski definition) is 2. The van der Waals surface area contributed by atoms with E-state index in [0.29, 0.717) is 6.54 Å². The molecule has 0 saturated heterocycles. The second kappa shape index (κ2) is 6.68. The Hall–Kier alpha value is -1.39. The monoisotopic (exact) mass is 261 g/mol. The van der Waals surface area contributed by atoms with Gasteiger partial charge >= 0.3 is 0 Å². The Morgan fingerprint density at radius 1 is 1.42 bits per heavy atom. The predicted molar refractivity (Wildman–Crippen MR) is 79.0 cm³/mol. The SMILES string of the molecule is CN(C)CCCNCC(=O)c1ccc2c(c1)CCN2. The molecule has 0 aromatic heterocycles. The number of carbonyl (C=O) groups excluding carboxylic acids is 1. The lowest BCUT2D eigenvalue weighted by Gasteiger charge is -2.09. The Labute approximate surface area is 115 Å². The molecular formula is C15H23N3O. The Balaban J connectivity index is 1.77. The van der Waals surface area contributed by atoms with Crippen molar-refractivity contribution in [3.8, 4) is 0 Å². The minimum absolute atomic E-state index is 0.180. The van der Waals surface area contributed by atoms with Gasteiger partial charge in [-0.2, -0.15) is 0 Å². The van der Waals surface area contributed by atoms with Crippen molar-refractivity contribution in [1.29, 1.82) is 0 Å². The van der Waals surface area contributed by atoms with Crippen molar-refractivity contribution >= 4 is 11.5 Å². The molecule has 2 rings (SSSR count). The van der Waals surface area contributed by atoms with Gasteiger partial charge in [0, 0.05) is 17.8 Å². The molecule has 104 valence electrons. The number of fused-ring (bicyclic) bond motifs is 1. The lowest BCUT2D eigenvalue weighted by Crippen LogP contribution is -2.26. The van der Waals surface area contributed by atoms with Gasteiger partial charge in [-0.15, -0.1) is 0 Å². The maximum Gasteiger partial charge on any atom is 0.176 e. The number of Topliss-reactive ketones (excluding diaryl/α,β-unsaturated/α-hetero) is 1. The summed E-state index contributed by atoms with van der Waals surface area (Å²) in [5.74, 6) is 0.180. The number of carbonyl (C=O) groups is 1. The van der Waals surface area contributed by atoms with Gasteiger partial charge in [0.05, 0.1) is 6.54 Å². The Kier molecular flexibility index (Phi) is 4.93. The van der Waals surface area contributed by atoms with Gasteiger partial charge in [-0.25, -0.2) is 0 Å². The summed E-state index contributed by atoms with van der Waals surface area (Å²) in [4.78, 5) is 14.2. The average molecular weight is 261 g/mol. The molecule has 0 spiro atoms. The van der Waals surface area contributed by atoms with Crippen molar-refractivity contribution in [2.24, 2.45) is 0 Å². The van der Waals surface area contributed by atoms with Crippen molar-refractivity contribution in [3.63, 3.8) is 0 Å². The van der Waals surface area contributed by atoms with Gasteiger partial charge in [-0.1, -0.05) is 0 Å². The van der Waals surface area contributed by atoms with Gasteiger partial charge in [0.1, 0.15) is 0 Å². The van der Waals surface area contributed by atoms with E-state index < -0.39 is 0 Å². The van der Waals surface area contributed by atoms with Gasteiger partial charge < -0.3 is 15.5 Å². The number of benzene rings is 1. The Morgan fingerprint density at radius 3 is 3.05 bits per heavy atom. The van der Waals surface area contributed by atoms with E-state index in [1.807, 2.05) is 18.2 Å². The molecule has 0 radical (unpaired) electrons. The van der Waals surface area contributed by atoms with E-state index in [2.05, 4.69) is 29.6 Å². The van der Waals surface area contributed by atoms with E-state index in [1.165, 1.54) is 11.3 Å². The fraction of sp³-hybridized carbons (Fsp3) is 0.533. The summed E-state index contributed by atoms with van der Waals surface area (Å²) >= 11 is 0. The lowest BCUT2D eigenvalue weighted by atomic mass is 10.1. The number of rotatable bonds is 7. The van der Waals surface area contributed by atoms with Crippen molar-refractivity contribution in [3.05, 3.63) is 29.3 Å². The molecule has 0 atom stereocenters. The van der Waals surface area contributed by atoms with E-state index in [1.54, 1.807) is 0 Å². The van der Waals surface area contributed by atoms with Crippen LogP contribution in [0.1, 0.15) is 22.3 Å². The average Bonchev–Trinajstić information content (AvgIpc) is 2.84. The third-order valence-corrected chi connectivity index (χ3v) is 3.38. The number of nitrogens with zero attached hydrogens (tertiary/aromatic N) is 1. The van der Waals surface area contributed by atoms with Crippen LogP contribution in [0.2, 0.25) is 0 Å². The highest BCUT2D eigenvalue weighted by molar-refractivity contribution is 5.98. The highest BCUT2D eigenvalue weighted by Crippen LogP contribution is 2.22. The van der Waals surface area contributed by atoms with Gasteiger partial charge in [0.2, 0.25) is 0 Å². The molecule has 1 aromatic rings. The Bertz CT molecular complexity index is 443. The van der Waals surface area contributed by atoms with Crippen LogP contribution in [-0.4, -0.2) is 51.0 Å². The fourth-order valence-electron chi connectivity index (χ4n) is 2.30. The van der Waals surface area contributed by atoms with Crippen LogP contribution in [0.3, 0.4) is 0 Å². The van der Waals surface area contributed by atoms with E-state index in [-0.39, 0.29) is 5.78 Å². The second-order valence-electron chi connectivity index (χ2n) is 5.31. The minimum atomic E-state index is 0.180. The zero-order valence-corrected chi connectivity index (χ0v) is 11.8. The molecule has 19 heavy (non-hydrogen) atoms. The third-order valence-electron chi connectivity index (χ3n) is 3.38. The van der Waals surface area contributed by atoms with Crippen LogP contribution < -0.4 is 10.6 Å². The summed E-state index contributed by atoms with van der Waals surface area (Å²) in [6.07, 6.45) is 2.08. The van der Waals surface area contributed by atoms with Gasteiger partial charge in [-0.3, -0.25) is 4.79 Å². The van der Waals surface area contributed by atoms with Crippen LogP contribution in [0.25, 0.3) is 0 Å². The molecule has 0 amide bonds. The first-order chi connectivity index (χ1) is 9.16.